The Morgan fingerprint density at radius 1 is 1.07 bits per heavy atom. The molecule has 1 aromatic heterocycles. The van der Waals surface area contributed by atoms with Gasteiger partial charge in [0.15, 0.2) is 0 Å². The number of ketones is 1. The highest BCUT2D eigenvalue weighted by atomic mass is 35.5. The summed E-state index contributed by atoms with van der Waals surface area (Å²) in [5, 5.41) is 3.77. The Bertz CT molecular complexity index is 1150. The maximum atomic E-state index is 12.9. The number of para-hydroxylation sites is 1. The van der Waals surface area contributed by atoms with Crippen molar-refractivity contribution in [2.24, 2.45) is 0 Å². The lowest BCUT2D eigenvalue weighted by Gasteiger charge is -2.15. The fourth-order valence-corrected chi connectivity index (χ4v) is 3.93. The summed E-state index contributed by atoms with van der Waals surface area (Å²) in [4.78, 5) is 40.0. The molecule has 1 N–H and O–H groups in total. The summed E-state index contributed by atoms with van der Waals surface area (Å²) in [5.74, 6) is -1.38. The minimum Gasteiger partial charge on any atom is -0.341 e. The summed E-state index contributed by atoms with van der Waals surface area (Å²) in [7, 11) is 0. The third-order valence-electron chi connectivity index (χ3n) is 5.43. The van der Waals surface area contributed by atoms with Crippen molar-refractivity contribution in [3.8, 4) is 0 Å². The Balaban J connectivity index is 1.59. The normalized spacial score (nSPS) is 13.6. The lowest BCUT2D eigenvalue weighted by Crippen LogP contribution is -2.30. The maximum Gasteiger partial charge on any atom is 0.296 e. The largest absolute Gasteiger partial charge is 0.341 e. The van der Waals surface area contributed by atoms with Crippen LogP contribution in [0.4, 0.5) is 5.69 Å². The van der Waals surface area contributed by atoms with E-state index < -0.39 is 11.7 Å². The second-order valence-corrected chi connectivity index (χ2v) is 7.93. The van der Waals surface area contributed by atoms with Gasteiger partial charge in [-0.25, -0.2) is 0 Å². The molecule has 0 atom stereocenters. The van der Waals surface area contributed by atoms with Crippen molar-refractivity contribution in [3.05, 3.63) is 64.8 Å². The summed E-state index contributed by atoms with van der Waals surface area (Å²) < 4.78 is 1.75. The average Bonchev–Trinajstić information content (AvgIpc) is 3.39. The molecule has 7 heteroatoms. The molecular formula is C23H22ClN3O3. The number of hydrogen-bond donors (Lipinski definition) is 1. The van der Waals surface area contributed by atoms with E-state index in [-0.39, 0.29) is 18.0 Å². The van der Waals surface area contributed by atoms with Gasteiger partial charge in [0.1, 0.15) is 6.54 Å². The molecule has 6 nitrogen and oxygen atoms in total. The van der Waals surface area contributed by atoms with Gasteiger partial charge in [-0.15, -0.1) is 0 Å². The molecule has 1 fully saturated rings. The number of aromatic nitrogens is 1. The van der Waals surface area contributed by atoms with Crippen LogP contribution in [-0.4, -0.2) is 40.2 Å². The molecule has 4 rings (SSSR count). The van der Waals surface area contributed by atoms with Crippen molar-refractivity contribution in [2.45, 2.75) is 26.3 Å². The van der Waals surface area contributed by atoms with E-state index in [1.165, 1.54) is 0 Å². The molecule has 2 amide bonds. The van der Waals surface area contributed by atoms with Gasteiger partial charge in [-0.3, -0.25) is 14.4 Å². The molecule has 30 heavy (non-hydrogen) atoms. The summed E-state index contributed by atoms with van der Waals surface area (Å²) in [5.41, 5.74) is 2.36. The molecule has 0 bridgehead atoms. The Hall–Kier alpha value is -3.12. The first-order valence-electron chi connectivity index (χ1n) is 9.91. The second-order valence-electron chi connectivity index (χ2n) is 7.52. The van der Waals surface area contributed by atoms with E-state index in [1.54, 1.807) is 35.0 Å². The van der Waals surface area contributed by atoms with Crippen LogP contribution < -0.4 is 5.32 Å². The van der Waals surface area contributed by atoms with Gasteiger partial charge in [-0.2, -0.15) is 0 Å². The molecule has 0 spiro atoms. The Morgan fingerprint density at radius 3 is 2.53 bits per heavy atom. The number of aryl methyl sites for hydroxylation is 1. The molecule has 0 saturated carbocycles. The van der Waals surface area contributed by atoms with Crippen LogP contribution in [0.1, 0.15) is 28.8 Å². The van der Waals surface area contributed by atoms with Crippen LogP contribution in [0.15, 0.2) is 48.7 Å². The first-order chi connectivity index (χ1) is 14.4. The number of carbonyl (C=O) groups is 3. The lowest BCUT2D eigenvalue weighted by molar-refractivity contribution is -0.130. The summed E-state index contributed by atoms with van der Waals surface area (Å²) in [6, 6.07) is 12.4. The molecular weight excluding hydrogens is 402 g/mol. The number of likely N-dealkylation sites (tertiary alicyclic amines) is 1. The number of anilines is 1. The van der Waals surface area contributed by atoms with Crippen LogP contribution in [0, 0.1) is 6.92 Å². The smallest absolute Gasteiger partial charge is 0.296 e. The van der Waals surface area contributed by atoms with Crippen LogP contribution >= 0.6 is 11.6 Å². The minimum atomic E-state index is -0.747. The monoisotopic (exact) mass is 423 g/mol. The molecule has 154 valence electrons. The number of rotatable bonds is 5. The first kappa shape index (κ1) is 20.2. The van der Waals surface area contributed by atoms with Crippen molar-refractivity contribution in [1.82, 2.24) is 9.47 Å². The second kappa shape index (κ2) is 8.32. The van der Waals surface area contributed by atoms with E-state index in [0.29, 0.717) is 16.1 Å². The molecule has 0 aliphatic carbocycles. The van der Waals surface area contributed by atoms with E-state index >= 15 is 0 Å². The molecule has 2 aromatic carbocycles. The van der Waals surface area contributed by atoms with E-state index in [1.807, 2.05) is 30.0 Å². The predicted molar refractivity (Wildman–Crippen MR) is 117 cm³/mol. The molecule has 0 radical (unpaired) electrons. The standard InChI is InChI=1S/C23H22ClN3O3/c1-15-8-9-16(12-19(15)24)25-23(30)22(29)18-13-27(20-7-3-2-6-17(18)20)14-21(28)26-10-4-5-11-26/h2-3,6-9,12-13H,4-5,10-11,14H2,1H3,(H,25,30). The van der Waals surface area contributed by atoms with Crippen molar-refractivity contribution in [2.75, 3.05) is 18.4 Å². The zero-order valence-corrected chi connectivity index (χ0v) is 17.4. The number of nitrogens with zero attached hydrogens (tertiary/aromatic N) is 2. The van der Waals surface area contributed by atoms with E-state index in [2.05, 4.69) is 5.32 Å². The van der Waals surface area contributed by atoms with E-state index in [4.69, 9.17) is 11.6 Å². The van der Waals surface area contributed by atoms with Crippen molar-refractivity contribution < 1.29 is 14.4 Å². The van der Waals surface area contributed by atoms with Gasteiger partial charge >= 0.3 is 0 Å². The van der Waals surface area contributed by atoms with Crippen molar-refractivity contribution in [1.29, 1.82) is 0 Å². The molecule has 3 aromatic rings. The van der Waals surface area contributed by atoms with Crippen LogP contribution in [0.25, 0.3) is 10.9 Å². The highest BCUT2D eigenvalue weighted by molar-refractivity contribution is 6.48. The minimum absolute atomic E-state index is 0.0194. The van der Waals surface area contributed by atoms with Crippen LogP contribution in [0.2, 0.25) is 5.02 Å². The molecule has 1 aliphatic rings. The number of Topliss-reactive ketones (excluding diaryl/α,β-unsaturated/α-hetero) is 1. The summed E-state index contributed by atoms with van der Waals surface area (Å²) >= 11 is 6.10. The predicted octanol–water partition coefficient (Wildman–Crippen LogP) is 4.05. The summed E-state index contributed by atoms with van der Waals surface area (Å²) in [6.07, 6.45) is 3.64. The Labute approximate surface area is 179 Å². The van der Waals surface area contributed by atoms with Crippen LogP contribution in [-0.2, 0) is 16.1 Å². The fourth-order valence-electron chi connectivity index (χ4n) is 3.75. The highest BCUT2D eigenvalue weighted by Gasteiger charge is 2.24. The number of nitrogens with one attached hydrogen (secondary N) is 1. The average molecular weight is 424 g/mol. The van der Waals surface area contributed by atoms with Gasteiger partial charge in [0.05, 0.1) is 5.56 Å². The van der Waals surface area contributed by atoms with Gasteiger partial charge in [-0.05, 0) is 43.5 Å². The molecule has 1 aliphatic heterocycles. The van der Waals surface area contributed by atoms with Gasteiger partial charge in [-0.1, -0.05) is 35.9 Å². The zero-order valence-electron chi connectivity index (χ0n) is 16.7. The van der Waals surface area contributed by atoms with Crippen molar-refractivity contribution >= 4 is 45.8 Å². The highest BCUT2D eigenvalue weighted by Crippen LogP contribution is 2.24. The third-order valence-corrected chi connectivity index (χ3v) is 5.84. The topological polar surface area (TPSA) is 71.4 Å². The number of fused-ring (bicyclic) bond motifs is 1. The Morgan fingerprint density at radius 2 is 1.80 bits per heavy atom. The van der Waals surface area contributed by atoms with Gasteiger partial charge in [0.25, 0.3) is 11.7 Å². The lowest BCUT2D eigenvalue weighted by atomic mass is 10.1. The number of hydrogen-bond acceptors (Lipinski definition) is 3. The SMILES string of the molecule is Cc1ccc(NC(=O)C(=O)c2cn(CC(=O)N3CCCC3)c3ccccc23)cc1Cl. The fraction of sp³-hybridized carbons (Fsp3) is 0.261. The number of amides is 2. The third kappa shape index (κ3) is 3.96. The molecule has 1 saturated heterocycles. The quantitative estimate of drug-likeness (QED) is 0.497. The van der Waals surface area contributed by atoms with Gasteiger partial charge < -0.3 is 14.8 Å². The summed E-state index contributed by atoms with van der Waals surface area (Å²) in [6.45, 7) is 3.54. The number of carbonyl (C=O) groups excluding carboxylic acids is 3. The van der Waals surface area contributed by atoms with E-state index in [9.17, 15) is 14.4 Å². The van der Waals surface area contributed by atoms with E-state index in [0.717, 1.165) is 37.0 Å². The first-order valence-corrected chi connectivity index (χ1v) is 10.3. The van der Waals surface area contributed by atoms with Gasteiger partial charge in [0, 0.05) is 40.9 Å². The zero-order chi connectivity index (χ0) is 21.3. The number of halogens is 1. The van der Waals surface area contributed by atoms with Gasteiger partial charge in [0.2, 0.25) is 5.91 Å². The van der Waals surface area contributed by atoms with Crippen molar-refractivity contribution in [3.63, 3.8) is 0 Å². The molecule has 0 unspecified atom stereocenters. The Kier molecular flexibility index (Phi) is 5.59. The van der Waals surface area contributed by atoms with Crippen LogP contribution in [0.3, 0.4) is 0 Å². The maximum absolute atomic E-state index is 12.9. The van der Waals surface area contributed by atoms with Crippen LogP contribution in [0.5, 0.6) is 0 Å². The molecule has 2 heterocycles. The number of benzene rings is 2.